The summed E-state index contributed by atoms with van der Waals surface area (Å²) in [6.07, 6.45) is 2.69. The average Bonchev–Trinajstić information content (AvgIpc) is 2.95. The zero-order valence-electron chi connectivity index (χ0n) is 16.7. The molecule has 0 unspecified atom stereocenters. The minimum Gasteiger partial charge on any atom is -0.458 e. The molecule has 2 fully saturated rings. The quantitative estimate of drug-likeness (QED) is 0.460. The molecular formula is C21H32O4Si. The number of rotatable bonds is 3. The van der Waals surface area contributed by atoms with Gasteiger partial charge in [0, 0.05) is 29.9 Å². The smallest absolute Gasteiger partial charge is 0.334 e. The van der Waals surface area contributed by atoms with Crippen LogP contribution in [0.5, 0.6) is 0 Å². The molecule has 0 radical (unpaired) electrons. The molecule has 5 atom stereocenters. The van der Waals surface area contributed by atoms with E-state index in [9.17, 15) is 9.90 Å². The molecule has 0 spiro atoms. The van der Waals surface area contributed by atoms with E-state index < -0.39 is 14.4 Å². The Morgan fingerprint density at radius 3 is 2.62 bits per heavy atom. The topological polar surface area (TPSA) is 55.8 Å². The molecule has 1 heterocycles. The third kappa shape index (κ3) is 3.14. The monoisotopic (exact) mass is 376 g/mol. The van der Waals surface area contributed by atoms with Crippen LogP contribution >= 0.6 is 0 Å². The molecule has 5 heteroatoms. The number of carbonyl (C=O) groups excluding carboxylic acids is 1. The van der Waals surface area contributed by atoms with Gasteiger partial charge in [0.15, 0.2) is 8.32 Å². The van der Waals surface area contributed by atoms with Crippen LogP contribution in [0.4, 0.5) is 0 Å². The van der Waals surface area contributed by atoms with Crippen molar-refractivity contribution in [3.05, 3.63) is 36.0 Å². The number of aliphatic hydroxyl groups is 1. The lowest BCUT2D eigenvalue weighted by Gasteiger charge is -2.38. The van der Waals surface area contributed by atoms with E-state index >= 15 is 0 Å². The molecule has 1 saturated heterocycles. The van der Waals surface area contributed by atoms with Crippen LogP contribution in [0, 0.1) is 17.8 Å². The van der Waals surface area contributed by atoms with E-state index in [0.717, 1.165) is 24.0 Å². The van der Waals surface area contributed by atoms with E-state index in [1.807, 2.05) is 6.08 Å². The highest BCUT2D eigenvalue weighted by Gasteiger charge is 2.52. The first kappa shape index (κ1) is 19.6. The Bertz CT molecular complexity index is 670. The second-order valence-electron chi connectivity index (χ2n) is 9.52. The van der Waals surface area contributed by atoms with Gasteiger partial charge in [-0.3, -0.25) is 0 Å². The van der Waals surface area contributed by atoms with Crippen molar-refractivity contribution in [1.29, 1.82) is 0 Å². The summed E-state index contributed by atoms with van der Waals surface area (Å²) in [5.41, 5.74) is 2.66. The molecule has 26 heavy (non-hydrogen) atoms. The molecule has 1 aliphatic heterocycles. The Balaban J connectivity index is 1.87. The summed E-state index contributed by atoms with van der Waals surface area (Å²) in [5, 5.41) is 10.8. The molecule has 3 rings (SSSR count). The van der Waals surface area contributed by atoms with E-state index in [1.165, 1.54) is 0 Å². The summed E-state index contributed by atoms with van der Waals surface area (Å²) in [4.78, 5) is 12.1. The maximum Gasteiger partial charge on any atom is 0.334 e. The van der Waals surface area contributed by atoms with Gasteiger partial charge in [-0.2, -0.15) is 0 Å². The van der Waals surface area contributed by atoms with Crippen molar-refractivity contribution in [2.45, 2.75) is 64.0 Å². The van der Waals surface area contributed by atoms with Crippen LogP contribution in [-0.2, 0) is 14.0 Å². The van der Waals surface area contributed by atoms with Crippen LogP contribution < -0.4 is 0 Å². The lowest BCUT2D eigenvalue weighted by molar-refractivity contribution is -0.142. The SMILES string of the molecule is C=C1CC[C@H]2C(=C)C(=O)O[C@@H]2[C@@H]2C1=C[C@@H](O)[C@H]2CO[Si](C)(C)C(C)(C)C. The van der Waals surface area contributed by atoms with Gasteiger partial charge in [-0.1, -0.05) is 45.6 Å². The highest BCUT2D eigenvalue weighted by Crippen LogP contribution is 2.50. The average molecular weight is 377 g/mol. The van der Waals surface area contributed by atoms with Crippen LogP contribution in [0.2, 0.25) is 18.1 Å². The number of aliphatic hydroxyl groups excluding tert-OH is 1. The van der Waals surface area contributed by atoms with Crippen molar-refractivity contribution in [1.82, 2.24) is 0 Å². The molecular weight excluding hydrogens is 344 g/mol. The van der Waals surface area contributed by atoms with Gasteiger partial charge in [-0.05, 0) is 36.5 Å². The summed E-state index contributed by atoms with van der Waals surface area (Å²) < 4.78 is 12.2. The van der Waals surface area contributed by atoms with Gasteiger partial charge >= 0.3 is 5.97 Å². The van der Waals surface area contributed by atoms with E-state index in [-0.39, 0.29) is 34.9 Å². The lowest BCUT2D eigenvalue weighted by atomic mass is 9.80. The van der Waals surface area contributed by atoms with Crippen molar-refractivity contribution < 1.29 is 19.1 Å². The second kappa shape index (κ2) is 6.46. The predicted molar refractivity (Wildman–Crippen MR) is 105 cm³/mol. The van der Waals surface area contributed by atoms with Crippen LogP contribution in [0.3, 0.4) is 0 Å². The number of hydrogen-bond donors (Lipinski definition) is 1. The minimum absolute atomic E-state index is 0.0100. The third-order valence-corrected chi connectivity index (χ3v) is 11.4. The van der Waals surface area contributed by atoms with Gasteiger partial charge in [-0.25, -0.2) is 4.79 Å². The molecule has 0 aromatic carbocycles. The van der Waals surface area contributed by atoms with E-state index in [1.54, 1.807) is 0 Å². The summed E-state index contributed by atoms with van der Waals surface area (Å²) in [5.74, 6) is -0.453. The summed E-state index contributed by atoms with van der Waals surface area (Å²) in [6.45, 7) is 19.7. The number of carbonyl (C=O) groups is 1. The zero-order chi connectivity index (χ0) is 19.4. The van der Waals surface area contributed by atoms with Crippen LogP contribution in [0.25, 0.3) is 0 Å². The number of esters is 1. The fourth-order valence-electron chi connectivity index (χ4n) is 4.13. The van der Waals surface area contributed by atoms with Gasteiger partial charge in [0.2, 0.25) is 0 Å². The summed E-state index contributed by atoms with van der Waals surface area (Å²) >= 11 is 0. The molecule has 0 amide bonds. The molecule has 4 nitrogen and oxygen atoms in total. The van der Waals surface area contributed by atoms with Crippen molar-refractivity contribution in [3.63, 3.8) is 0 Å². The number of ether oxygens (including phenoxy) is 1. The molecule has 1 N–H and O–H groups in total. The Morgan fingerprint density at radius 2 is 2.00 bits per heavy atom. The van der Waals surface area contributed by atoms with Gasteiger partial charge in [-0.15, -0.1) is 0 Å². The van der Waals surface area contributed by atoms with Gasteiger partial charge in [0.1, 0.15) is 6.10 Å². The highest BCUT2D eigenvalue weighted by atomic mass is 28.4. The molecule has 3 aliphatic rings. The van der Waals surface area contributed by atoms with E-state index in [4.69, 9.17) is 9.16 Å². The van der Waals surface area contributed by atoms with Crippen LogP contribution in [0.15, 0.2) is 36.0 Å². The van der Waals surface area contributed by atoms with Gasteiger partial charge in [0.05, 0.1) is 6.10 Å². The standard InChI is InChI=1S/C21H32O4Si/c1-12-8-9-14-13(2)20(23)25-19(14)18-15(12)10-17(22)16(18)11-24-26(6,7)21(3,4)5/h10,14,16-19,22H,1-2,8-9,11H2,3-7H3/t14-,16+,17+,18+,19-/m0/s1. The molecule has 0 bridgehead atoms. The zero-order valence-corrected chi connectivity index (χ0v) is 17.7. The number of allylic oxidation sites excluding steroid dienone is 1. The normalized spacial score (nSPS) is 34.9. The molecule has 0 aromatic heterocycles. The third-order valence-electron chi connectivity index (χ3n) is 6.92. The van der Waals surface area contributed by atoms with E-state index in [0.29, 0.717) is 12.2 Å². The fraction of sp³-hybridized carbons (Fsp3) is 0.667. The first-order valence-corrected chi connectivity index (χ1v) is 12.5. The molecule has 144 valence electrons. The maximum atomic E-state index is 12.1. The largest absolute Gasteiger partial charge is 0.458 e. The van der Waals surface area contributed by atoms with Crippen molar-refractivity contribution in [2.24, 2.45) is 17.8 Å². The van der Waals surface area contributed by atoms with Crippen LogP contribution in [0.1, 0.15) is 33.6 Å². The summed E-state index contributed by atoms with van der Waals surface area (Å²) in [7, 11) is -1.93. The molecule has 2 aliphatic carbocycles. The molecule has 1 saturated carbocycles. The van der Waals surface area contributed by atoms with Crippen molar-refractivity contribution >= 4 is 14.3 Å². The summed E-state index contributed by atoms with van der Waals surface area (Å²) in [6, 6.07) is 0. The maximum absolute atomic E-state index is 12.1. The van der Waals surface area contributed by atoms with Gasteiger partial charge < -0.3 is 14.3 Å². The van der Waals surface area contributed by atoms with E-state index in [2.05, 4.69) is 47.0 Å². The Labute approximate surface area is 158 Å². The fourth-order valence-corrected chi connectivity index (χ4v) is 5.17. The predicted octanol–water partition coefficient (Wildman–Crippen LogP) is 3.99. The Morgan fingerprint density at radius 1 is 1.35 bits per heavy atom. The molecule has 0 aromatic rings. The highest BCUT2D eigenvalue weighted by molar-refractivity contribution is 6.74. The lowest BCUT2D eigenvalue weighted by Crippen LogP contribution is -2.44. The van der Waals surface area contributed by atoms with Gasteiger partial charge in [0.25, 0.3) is 0 Å². The second-order valence-corrected chi connectivity index (χ2v) is 14.3. The number of fused-ring (bicyclic) bond motifs is 3. The first-order valence-electron chi connectivity index (χ1n) is 9.55. The van der Waals surface area contributed by atoms with Crippen molar-refractivity contribution in [2.75, 3.05) is 6.61 Å². The van der Waals surface area contributed by atoms with Crippen LogP contribution in [-0.4, -0.2) is 38.2 Å². The minimum atomic E-state index is -1.93. The first-order chi connectivity index (χ1) is 11.9. The number of hydrogen-bond acceptors (Lipinski definition) is 4. The Kier molecular flexibility index (Phi) is 4.87. The van der Waals surface area contributed by atoms with Crippen molar-refractivity contribution in [3.8, 4) is 0 Å². The Hall–Kier alpha value is -1.17.